The van der Waals surface area contributed by atoms with Crippen LogP contribution in [0.25, 0.3) is 0 Å². The van der Waals surface area contributed by atoms with Gasteiger partial charge >= 0.3 is 0 Å². The van der Waals surface area contributed by atoms with Gasteiger partial charge in [0.25, 0.3) is 0 Å². The van der Waals surface area contributed by atoms with Crippen molar-refractivity contribution in [1.29, 1.82) is 0 Å². The fourth-order valence-corrected chi connectivity index (χ4v) is 2.49. The molecule has 2 aromatic rings. The van der Waals surface area contributed by atoms with Gasteiger partial charge in [0.05, 0.1) is 12.3 Å². The zero-order chi connectivity index (χ0) is 10.1. The molecule has 0 saturated carbocycles. The molecule has 0 amide bonds. The molecule has 2 N–H and O–H groups in total. The van der Waals surface area contributed by atoms with E-state index in [2.05, 4.69) is 34.3 Å². The highest BCUT2D eigenvalue weighted by Gasteiger charge is 2.14. The third kappa shape index (κ3) is 1.78. The van der Waals surface area contributed by atoms with Gasteiger partial charge in [0.1, 0.15) is 0 Å². The number of hydrogen-bond acceptors (Lipinski definition) is 3. The zero-order valence-corrected chi connectivity index (χ0v) is 10.1. The maximum absolute atomic E-state index is 6.10. The Bertz CT molecular complexity index is 435. The van der Waals surface area contributed by atoms with Crippen LogP contribution in [0.2, 0.25) is 0 Å². The van der Waals surface area contributed by atoms with E-state index >= 15 is 0 Å². The monoisotopic (exact) mass is 271 g/mol. The van der Waals surface area contributed by atoms with Gasteiger partial charge < -0.3 is 10.2 Å². The van der Waals surface area contributed by atoms with Crippen LogP contribution in [0, 0.1) is 6.92 Å². The van der Waals surface area contributed by atoms with Crippen molar-refractivity contribution in [1.82, 2.24) is 0 Å². The standard InChI is InChI=1S/C10H10BrNOS/c1-6-8(2-3-14-6)10(12)7-4-9(11)13-5-7/h2-5,10H,12H2,1H3. The maximum atomic E-state index is 6.10. The van der Waals surface area contributed by atoms with Crippen LogP contribution in [0.1, 0.15) is 22.0 Å². The van der Waals surface area contributed by atoms with E-state index in [-0.39, 0.29) is 6.04 Å². The van der Waals surface area contributed by atoms with Crippen molar-refractivity contribution in [3.8, 4) is 0 Å². The zero-order valence-electron chi connectivity index (χ0n) is 7.66. The van der Waals surface area contributed by atoms with E-state index in [9.17, 15) is 0 Å². The van der Waals surface area contributed by atoms with Crippen LogP contribution < -0.4 is 5.73 Å². The lowest BCUT2D eigenvalue weighted by Crippen LogP contribution is -2.10. The van der Waals surface area contributed by atoms with Crippen molar-refractivity contribution >= 4 is 27.3 Å². The lowest BCUT2D eigenvalue weighted by Gasteiger charge is -2.08. The number of halogens is 1. The first-order valence-corrected chi connectivity index (χ1v) is 5.89. The number of furan rings is 1. The number of rotatable bonds is 2. The molecule has 0 aliphatic carbocycles. The maximum Gasteiger partial charge on any atom is 0.169 e. The van der Waals surface area contributed by atoms with Crippen LogP contribution in [-0.4, -0.2) is 0 Å². The molecule has 0 radical (unpaired) electrons. The van der Waals surface area contributed by atoms with E-state index in [1.165, 1.54) is 10.4 Å². The number of nitrogens with two attached hydrogens (primary N) is 1. The Morgan fingerprint density at radius 2 is 2.36 bits per heavy atom. The Balaban J connectivity index is 2.33. The smallest absolute Gasteiger partial charge is 0.169 e. The highest BCUT2D eigenvalue weighted by Crippen LogP contribution is 2.28. The van der Waals surface area contributed by atoms with Gasteiger partial charge in [0.15, 0.2) is 4.67 Å². The van der Waals surface area contributed by atoms with Gasteiger partial charge in [-0.1, -0.05) is 0 Å². The van der Waals surface area contributed by atoms with E-state index in [0.29, 0.717) is 0 Å². The van der Waals surface area contributed by atoms with Crippen LogP contribution in [0.15, 0.2) is 32.9 Å². The van der Waals surface area contributed by atoms with E-state index in [1.54, 1.807) is 17.6 Å². The third-order valence-corrected chi connectivity index (χ3v) is 3.46. The molecule has 0 aromatic carbocycles. The summed E-state index contributed by atoms with van der Waals surface area (Å²) < 4.78 is 5.88. The minimum atomic E-state index is -0.0868. The Hall–Kier alpha value is -0.580. The highest BCUT2D eigenvalue weighted by atomic mass is 79.9. The van der Waals surface area contributed by atoms with Crippen molar-refractivity contribution in [3.63, 3.8) is 0 Å². The lowest BCUT2D eigenvalue weighted by atomic mass is 10.0. The molecule has 0 bridgehead atoms. The highest BCUT2D eigenvalue weighted by molar-refractivity contribution is 9.10. The summed E-state index contributed by atoms with van der Waals surface area (Å²) in [4.78, 5) is 1.26. The summed E-state index contributed by atoms with van der Waals surface area (Å²) in [7, 11) is 0. The first-order valence-electron chi connectivity index (χ1n) is 4.22. The first kappa shape index (κ1) is 9.96. The second kappa shape index (κ2) is 3.88. The number of thiophene rings is 1. The SMILES string of the molecule is Cc1sccc1C(N)c1coc(Br)c1. The van der Waals surface area contributed by atoms with Gasteiger partial charge in [-0.2, -0.15) is 0 Å². The molecular formula is C10H10BrNOS. The summed E-state index contributed by atoms with van der Waals surface area (Å²) in [5.74, 6) is 0. The second-order valence-electron chi connectivity index (χ2n) is 3.09. The van der Waals surface area contributed by atoms with E-state index in [1.807, 2.05) is 6.07 Å². The minimum absolute atomic E-state index is 0.0868. The van der Waals surface area contributed by atoms with E-state index < -0.39 is 0 Å². The normalized spacial score (nSPS) is 13.1. The van der Waals surface area contributed by atoms with Crippen molar-refractivity contribution in [3.05, 3.63) is 44.4 Å². The van der Waals surface area contributed by atoms with Gasteiger partial charge in [0, 0.05) is 10.4 Å². The minimum Gasteiger partial charge on any atom is -0.457 e. The van der Waals surface area contributed by atoms with Crippen molar-refractivity contribution in [2.75, 3.05) is 0 Å². The molecule has 1 atom stereocenters. The van der Waals surface area contributed by atoms with Gasteiger partial charge in [-0.15, -0.1) is 11.3 Å². The van der Waals surface area contributed by atoms with Crippen molar-refractivity contribution < 1.29 is 4.42 Å². The molecule has 2 rings (SSSR count). The van der Waals surface area contributed by atoms with Crippen LogP contribution in [0.5, 0.6) is 0 Å². The molecule has 0 aliphatic rings. The van der Waals surface area contributed by atoms with Crippen molar-refractivity contribution in [2.24, 2.45) is 5.73 Å². The second-order valence-corrected chi connectivity index (χ2v) is 5.00. The Morgan fingerprint density at radius 1 is 1.57 bits per heavy atom. The fourth-order valence-electron chi connectivity index (χ4n) is 1.38. The topological polar surface area (TPSA) is 39.2 Å². The molecule has 1 unspecified atom stereocenters. The van der Waals surface area contributed by atoms with E-state index in [4.69, 9.17) is 10.2 Å². The predicted octanol–water partition coefficient (Wildman–Crippen LogP) is 3.46. The summed E-state index contributed by atoms with van der Waals surface area (Å²) in [6, 6.07) is 3.88. The quantitative estimate of drug-likeness (QED) is 0.909. The Labute approximate surface area is 94.9 Å². The predicted molar refractivity (Wildman–Crippen MR) is 61.5 cm³/mol. The van der Waals surface area contributed by atoms with Gasteiger partial charge in [0.2, 0.25) is 0 Å². The summed E-state index contributed by atoms with van der Waals surface area (Å²) in [6.07, 6.45) is 1.69. The van der Waals surface area contributed by atoms with Gasteiger partial charge in [-0.25, -0.2) is 0 Å². The van der Waals surface area contributed by atoms with Crippen LogP contribution in [0.4, 0.5) is 0 Å². The molecular weight excluding hydrogens is 262 g/mol. The van der Waals surface area contributed by atoms with E-state index in [0.717, 1.165) is 10.2 Å². The summed E-state index contributed by atoms with van der Waals surface area (Å²) in [5.41, 5.74) is 8.27. The van der Waals surface area contributed by atoms with Gasteiger partial charge in [-0.05, 0) is 45.9 Å². The molecule has 2 aromatic heterocycles. The van der Waals surface area contributed by atoms with Crippen molar-refractivity contribution in [2.45, 2.75) is 13.0 Å². The molecule has 4 heteroatoms. The Morgan fingerprint density at radius 3 is 2.86 bits per heavy atom. The summed E-state index contributed by atoms with van der Waals surface area (Å²) in [5, 5.41) is 2.06. The molecule has 14 heavy (non-hydrogen) atoms. The number of aryl methyl sites for hydroxylation is 1. The average Bonchev–Trinajstić information content (AvgIpc) is 2.73. The molecule has 2 heterocycles. The molecule has 74 valence electrons. The lowest BCUT2D eigenvalue weighted by molar-refractivity contribution is 0.537. The van der Waals surface area contributed by atoms with Crippen LogP contribution >= 0.6 is 27.3 Å². The molecule has 0 saturated heterocycles. The fraction of sp³-hybridized carbons (Fsp3) is 0.200. The molecule has 0 spiro atoms. The third-order valence-electron chi connectivity index (χ3n) is 2.18. The Kier molecular flexibility index (Phi) is 2.76. The molecule has 0 aliphatic heterocycles. The average molecular weight is 272 g/mol. The van der Waals surface area contributed by atoms with Gasteiger partial charge in [-0.3, -0.25) is 0 Å². The summed E-state index contributed by atoms with van der Waals surface area (Å²) >= 11 is 4.97. The number of hydrogen-bond donors (Lipinski definition) is 1. The molecule has 2 nitrogen and oxygen atoms in total. The van der Waals surface area contributed by atoms with Crippen LogP contribution in [0.3, 0.4) is 0 Å². The molecule has 0 fully saturated rings. The largest absolute Gasteiger partial charge is 0.457 e. The first-order chi connectivity index (χ1) is 6.68. The summed E-state index contributed by atoms with van der Waals surface area (Å²) in [6.45, 7) is 2.08. The van der Waals surface area contributed by atoms with Crippen LogP contribution in [-0.2, 0) is 0 Å².